The number of fused-ring (bicyclic) bond motifs is 3. The van der Waals surface area contributed by atoms with Gasteiger partial charge in [0.2, 0.25) is 0 Å². The zero-order valence-corrected chi connectivity index (χ0v) is 19.4. The van der Waals surface area contributed by atoms with Crippen LogP contribution in [0, 0.1) is 5.41 Å². The number of esters is 1. The lowest BCUT2D eigenvalue weighted by Crippen LogP contribution is -2.33. The standard InChI is InChI=1S/C24H32N2O6/c1-6-31-23(29)16-13-26-18(12-19(16)28)22-15(11-21(26)24(2,3)4)10-20(17(14-27)25-22)32-9-7-8-30-5/h10,12-13,21,27H,6-9,11,14H2,1-5H3/t21-/m0/s1. The van der Waals surface area contributed by atoms with Gasteiger partial charge in [-0.1, -0.05) is 20.8 Å². The van der Waals surface area contributed by atoms with Crippen molar-refractivity contribution in [3.63, 3.8) is 0 Å². The largest absolute Gasteiger partial charge is 0.491 e. The van der Waals surface area contributed by atoms with Gasteiger partial charge in [0.25, 0.3) is 0 Å². The van der Waals surface area contributed by atoms with Crippen LogP contribution in [-0.2, 0) is 22.5 Å². The molecule has 0 aromatic carbocycles. The minimum atomic E-state index is -0.630. The van der Waals surface area contributed by atoms with E-state index in [0.717, 1.165) is 12.0 Å². The molecule has 174 valence electrons. The molecule has 3 rings (SSSR count). The van der Waals surface area contributed by atoms with Gasteiger partial charge in [0.05, 0.1) is 31.2 Å². The van der Waals surface area contributed by atoms with E-state index in [1.165, 1.54) is 6.07 Å². The fraction of sp³-hybridized carbons (Fsp3) is 0.542. The first kappa shape index (κ1) is 23.9. The minimum absolute atomic E-state index is 0.00813. The number of hydrogen-bond donors (Lipinski definition) is 1. The maximum Gasteiger partial charge on any atom is 0.343 e. The zero-order chi connectivity index (χ0) is 23.5. The Bertz CT molecular complexity index is 1040. The molecule has 0 unspecified atom stereocenters. The summed E-state index contributed by atoms with van der Waals surface area (Å²) in [6.45, 7) is 8.99. The minimum Gasteiger partial charge on any atom is -0.491 e. The topological polar surface area (TPSA) is 99.9 Å². The van der Waals surface area contributed by atoms with E-state index < -0.39 is 11.4 Å². The van der Waals surface area contributed by atoms with Gasteiger partial charge >= 0.3 is 5.97 Å². The quantitative estimate of drug-likeness (QED) is 0.493. The van der Waals surface area contributed by atoms with Gasteiger partial charge < -0.3 is 23.9 Å². The highest BCUT2D eigenvalue weighted by molar-refractivity contribution is 5.89. The molecule has 2 aromatic heterocycles. The van der Waals surface area contributed by atoms with Crippen LogP contribution in [0.3, 0.4) is 0 Å². The lowest BCUT2D eigenvalue weighted by molar-refractivity contribution is 0.0523. The van der Waals surface area contributed by atoms with Gasteiger partial charge in [-0.05, 0) is 30.4 Å². The number of ether oxygens (including phenoxy) is 3. The molecule has 0 saturated heterocycles. The van der Waals surface area contributed by atoms with Crippen LogP contribution in [-0.4, -0.2) is 47.6 Å². The van der Waals surface area contributed by atoms with Gasteiger partial charge in [-0.3, -0.25) is 4.79 Å². The number of hydrogen-bond acceptors (Lipinski definition) is 7. The third-order valence-electron chi connectivity index (χ3n) is 5.61. The Kier molecular flexibility index (Phi) is 7.36. The Hall–Kier alpha value is -2.71. The summed E-state index contributed by atoms with van der Waals surface area (Å²) in [4.78, 5) is 29.8. The molecule has 1 aliphatic heterocycles. The predicted molar refractivity (Wildman–Crippen MR) is 120 cm³/mol. The van der Waals surface area contributed by atoms with E-state index in [1.807, 2.05) is 10.6 Å². The molecule has 3 heterocycles. The fourth-order valence-electron chi connectivity index (χ4n) is 3.96. The van der Waals surface area contributed by atoms with E-state index in [-0.39, 0.29) is 30.2 Å². The Morgan fingerprint density at radius 3 is 2.66 bits per heavy atom. The highest BCUT2D eigenvalue weighted by Gasteiger charge is 2.35. The molecule has 1 aliphatic rings. The molecule has 0 bridgehead atoms. The third kappa shape index (κ3) is 4.86. The molecule has 8 nitrogen and oxygen atoms in total. The van der Waals surface area contributed by atoms with Gasteiger partial charge in [0, 0.05) is 38.4 Å². The van der Waals surface area contributed by atoms with Crippen molar-refractivity contribution in [3.05, 3.63) is 45.4 Å². The predicted octanol–water partition coefficient (Wildman–Crippen LogP) is 3.14. The highest BCUT2D eigenvalue weighted by Crippen LogP contribution is 2.43. The summed E-state index contributed by atoms with van der Waals surface area (Å²) in [5.41, 5.74) is 2.01. The van der Waals surface area contributed by atoms with Gasteiger partial charge in [0.1, 0.15) is 17.0 Å². The Balaban J connectivity index is 2.13. The van der Waals surface area contributed by atoms with E-state index in [9.17, 15) is 14.7 Å². The van der Waals surface area contributed by atoms with Crippen molar-refractivity contribution in [3.8, 4) is 17.1 Å². The molecule has 1 atom stereocenters. The molecule has 0 saturated carbocycles. The first-order valence-electron chi connectivity index (χ1n) is 10.9. The number of carbonyl (C=O) groups is 1. The molecular weight excluding hydrogens is 412 g/mol. The average molecular weight is 445 g/mol. The first-order chi connectivity index (χ1) is 15.2. The number of aliphatic hydroxyl groups is 1. The molecule has 2 aromatic rings. The lowest BCUT2D eigenvalue weighted by atomic mass is 9.79. The van der Waals surface area contributed by atoms with Crippen molar-refractivity contribution >= 4 is 5.97 Å². The molecule has 0 fully saturated rings. The molecule has 1 N–H and O–H groups in total. The fourth-order valence-corrected chi connectivity index (χ4v) is 3.96. The summed E-state index contributed by atoms with van der Waals surface area (Å²) >= 11 is 0. The summed E-state index contributed by atoms with van der Waals surface area (Å²) in [5.74, 6) is -0.0935. The van der Waals surface area contributed by atoms with Crippen LogP contribution in [0.15, 0.2) is 23.1 Å². The highest BCUT2D eigenvalue weighted by atomic mass is 16.5. The van der Waals surface area contributed by atoms with Crippen molar-refractivity contribution in [2.75, 3.05) is 26.9 Å². The zero-order valence-electron chi connectivity index (χ0n) is 19.4. The summed E-state index contributed by atoms with van der Waals surface area (Å²) < 4.78 is 18.0. The number of aliphatic hydroxyl groups excluding tert-OH is 1. The van der Waals surface area contributed by atoms with Crippen LogP contribution in [0.1, 0.15) is 61.8 Å². The molecule has 0 amide bonds. The van der Waals surface area contributed by atoms with Crippen molar-refractivity contribution in [2.45, 2.75) is 53.2 Å². The number of aromatic nitrogens is 2. The number of rotatable bonds is 8. The SMILES string of the molecule is CCOC(=O)c1cn2c(cc1=O)-c1nc(CO)c(OCCCOC)cc1C[C@H]2C(C)(C)C. The summed E-state index contributed by atoms with van der Waals surface area (Å²) in [7, 11) is 1.64. The van der Waals surface area contributed by atoms with E-state index in [1.54, 1.807) is 20.2 Å². The van der Waals surface area contributed by atoms with Gasteiger partial charge in [-0.2, -0.15) is 0 Å². The average Bonchev–Trinajstić information content (AvgIpc) is 2.74. The summed E-state index contributed by atoms with van der Waals surface area (Å²) in [5, 5.41) is 9.89. The van der Waals surface area contributed by atoms with Crippen LogP contribution in [0.2, 0.25) is 0 Å². The monoisotopic (exact) mass is 444 g/mol. The van der Waals surface area contributed by atoms with Gasteiger partial charge in [-0.15, -0.1) is 0 Å². The second kappa shape index (κ2) is 9.83. The van der Waals surface area contributed by atoms with Gasteiger partial charge in [0.15, 0.2) is 5.43 Å². The maximum absolute atomic E-state index is 12.8. The molecule has 0 spiro atoms. The van der Waals surface area contributed by atoms with Crippen molar-refractivity contribution in [1.82, 2.24) is 9.55 Å². The molecule has 0 aliphatic carbocycles. The van der Waals surface area contributed by atoms with E-state index in [0.29, 0.717) is 42.5 Å². The smallest absolute Gasteiger partial charge is 0.343 e. The second-order valence-corrected chi connectivity index (χ2v) is 8.94. The maximum atomic E-state index is 12.8. The van der Waals surface area contributed by atoms with E-state index in [4.69, 9.17) is 14.2 Å². The van der Waals surface area contributed by atoms with Crippen LogP contribution in [0.5, 0.6) is 5.75 Å². The first-order valence-corrected chi connectivity index (χ1v) is 10.9. The second-order valence-electron chi connectivity index (χ2n) is 8.94. The third-order valence-corrected chi connectivity index (χ3v) is 5.61. The van der Waals surface area contributed by atoms with E-state index in [2.05, 4.69) is 25.8 Å². The Morgan fingerprint density at radius 1 is 1.28 bits per heavy atom. The van der Waals surface area contributed by atoms with Crippen LogP contribution >= 0.6 is 0 Å². The van der Waals surface area contributed by atoms with Crippen molar-refractivity contribution < 1.29 is 24.1 Å². The molecule has 8 heteroatoms. The lowest BCUT2D eigenvalue weighted by Gasteiger charge is -2.38. The molecule has 0 radical (unpaired) electrons. The van der Waals surface area contributed by atoms with Crippen LogP contribution in [0.25, 0.3) is 11.4 Å². The Labute approximate surface area is 188 Å². The Morgan fingerprint density at radius 2 is 2.03 bits per heavy atom. The summed E-state index contributed by atoms with van der Waals surface area (Å²) in [6.07, 6.45) is 2.95. The van der Waals surface area contributed by atoms with Crippen LogP contribution < -0.4 is 10.2 Å². The normalized spacial score (nSPS) is 15.1. The molecular formula is C24H32N2O6. The number of nitrogens with zero attached hydrogens (tertiary/aromatic N) is 2. The van der Waals surface area contributed by atoms with Crippen LogP contribution in [0.4, 0.5) is 0 Å². The number of methoxy groups -OCH3 is 1. The van der Waals surface area contributed by atoms with Crippen molar-refractivity contribution in [1.29, 1.82) is 0 Å². The summed E-state index contributed by atoms with van der Waals surface area (Å²) in [6, 6.07) is 3.32. The van der Waals surface area contributed by atoms with Gasteiger partial charge in [-0.25, -0.2) is 9.78 Å². The van der Waals surface area contributed by atoms with E-state index >= 15 is 0 Å². The number of pyridine rings is 2. The molecule has 32 heavy (non-hydrogen) atoms. The van der Waals surface area contributed by atoms with Crippen molar-refractivity contribution in [2.24, 2.45) is 5.41 Å². The number of carbonyl (C=O) groups excluding carboxylic acids is 1.